The predicted molar refractivity (Wildman–Crippen MR) is 115 cm³/mol. The first-order chi connectivity index (χ1) is 12.5. The molecule has 0 amide bonds. The van der Waals surface area contributed by atoms with Gasteiger partial charge in [-0.25, -0.2) is 0 Å². The summed E-state index contributed by atoms with van der Waals surface area (Å²) < 4.78 is 4.40. The Balaban J connectivity index is 0.000000456. The van der Waals surface area contributed by atoms with Gasteiger partial charge in [-0.05, 0) is 55.6 Å². The Hall–Kier alpha value is -1.26. The monoisotopic (exact) mass is 429 g/mol. The fourth-order valence-electron chi connectivity index (χ4n) is 3.37. The van der Waals surface area contributed by atoms with E-state index in [1.807, 2.05) is 19.2 Å². The fraction of sp³-hybridized carbons (Fsp3) is 0.381. The van der Waals surface area contributed by atoms with Crippen molar-refractivity contribution >= 4 is 41.6 Å². The minimum absolute atomic E-state index is 0. The molecule has 1 N–H and O–H groups in total. The number of carbonyl (C=O) groups is 1. The molecule has 0 heterocycles. The Kier molecular flexibility index (Phi) is 10.2. The maximum atomic E-state index is 9.82. The normalized spacial score (nSPS) is 17.7. The summed E-state index contributed by atoms with van der Waals surface area (Å²) in [5, 5.41) is 4.66. The van der Waals surface area contributed by atoms with Crippen LogP contribution in [0.3, 0.4) is 0 Å². The van der Waals surface area contributed by atoms with Crippen molar-refractivity contribution in [3.8, 4) is 0 Å². The van der Waals surface area contributed by atoms with Crippen LogP contribution in [0.1, 0.15) is 55.3 Å². The van der Waals surface area contributed by atoms with Crippen LogP contribution in [-0.2, 0) is 9.53 Å². The lowest BCUT2D eigenvalue weighted by Gasteiger charge is -2.32. The van der Waals surface area contributed by atoms with Crippen molar-refractivity contribution in [2.24, 2.45) is 0 Å². The smallest absolute Gasteiger partial charge is 0.302 e. The highest BCUT2D eigenvalue weighted by molar-refractivity contribution is 6.42. The molecule has 0 radical (unpaired) electrons. The molecule has 0 saturated heterocycles. The average molecular weight is 431 g/mol. The van der Waals surface area contributed by atoms with Crippen LogP contribution in [0.5, 0.6) is 0 Å². The van der Waals surface area contributed by atoms with Crippen molar-refractivity contribution in [1.82, 2.24) is 5.32 Å². The second-order valence-corrected chi connectivity index (χ2v) is 7.01. The molecule has 2 aromatic rings. The van der Waals surface area contributed by atoms with Crippen molar-refractivity contribution in [3.05, 3.63) is 69.2 Å². The molecule has 3 rings (SSSR count). The molecule has 0 spiro atoms. The van der Waals surface area contributed by atoms with Crippen LogP contribution < -0.4 is 5.32 Å². The Bertz CT molecular complexity index is 752. The standard InChI is InChI=1S/C17H17Cl2N.C4H8O2.ClH/c1-20-17-9-7-12(13-4-2-3-5-14(13)17)11-6-8-15(18)16(19)10-11;1-3-6-4(2)5;/h2-6,8,10,12,17,20H,7,9H2,1H3;3H2,1-2H3;1H/t12-,17-;;/m0../s1. The molecule has 0 fully saturated rings. The van der Waals surface area contributed by atoms with Crippen LogP contribution in [-0.4, -0.2) is 19.6 Å². The van der Waals surface area contributed by atoms with Gasteiger partial charge < -0.3 is 10.1 Å². The van der Waals surface area contributed by atoms with E-state index in [0.29, 0.717) is 28.6 Å². The molecule has 2 atom stereocenters. The van der Waals surface area contributed by atoms with Crippen molar-refractivity contribution in [2.45, 2.75) is 38.6 Å². The van der Waals surface area contributed by atoms with Gasteiger partial charge in [0, 0.05) is 18.9 Å². The highest BCUT2D eigenvalue weighted by atomic mass is 35.5. The second kappa shape index (κ2) is 11.6. The van der Waals surface area contributed by atoms with Gasteiger partial charge in [0.15, 0.2) is 0 Å². The third-order valence-electron chi connectivity index (χ3n) is 4.53. The number of rotatable bonds is 3. The molecule has 2 aromatic carbocycles. The van der Waals surface area contributed by atoms with Gasteiger partial charge in [0.1, 0.15) is 0 Å². The van der Waals surface area contributed by atoms with Gasteiger partial charge in [0.05, 0.1) is 16.7 Å². The molecule has 0 aromatic heterocycles. The van der Waals surface area contributed by atoms with Crippen molar-refractivity contribution in [3.63, 3.8) is 0 Å². The molecule has 0 saturated carbocycles. The van der Waals surface area contributed by atoms with E-state index in [1.165, 1.54) is 23.6 Å². The van der Waals surface area contributed by atoms with Crippen LogP contribution in [0.2, 0.25) is 10.0 Å². The van der Waals surface area contributed by atoms with E-state index in [4.69, 9.17) is 23.2 Å². The largest absolute Gasteiger partial charge is 0.466 e. The molecule has 148 valence electrons. The summed E-state index contributed by atoms with van der Waals surface area (Å²) in [6.45, 7) is 3.65. The van der Waals surface area contributed by atoms with Gasteiger partial charge in [0.25, 0.3) is 0 Å². The van der Waals surface area contributed by atoms with Crippen LogP contribution in [0, 0.1) is 0 Å². The number of halogens is 3. The first kappa shape index (κ1) is 23.8. The number of fused-ring (bicyclic) bond motifs is 1. The molecule has 0 bridgehead atoms. The molecule has 1 aliphatic rings. The molecular formula is C21H26Cl3NO2. The molecule has 1 aliphatic carbocycles. The molecule has 0 aliphatic heterocycles. The van der Waals surface area contributed by atoms with E-state index in [0.717, 1.165) is 12.8 Å². The SMILES string of the molecule is CCOC(C)=O.CN[C@H]1CC[C@@H](c2ccc(Cl)c(Cl)c2)c2ccccc21.Cl. The number of hydrogen-bond donors (Lipinski definition) is 1. The van der Waals surface area contributed by atoms with E-state index >= 15 is 0 Å². The maximum Gasteiger partial charge on any atom is 0.302 e. The Morgan fingerprint density at radius 1 is 1.11 bits per heavy atom. The third kappa shape index (κ3) is 6.39. The first-order valence-corrected chi connectivity index (χ1v) is 9.57. The van der Waals surface area contributed by atoms with Crippen LogP contribution in [0.15, 0.2) is 42.5 Å². The summed E-state index contributed by atoms with van der Waals surface area (Å²) in [6.07, 6.45) is 2.26. The summed E-state index contributed by atoms with van der Waals surface area (Å²) >= 11 is 12.2. The Morgan fingerprint density at radius 3 is 2.30 bits per heavy atom. The van der Waals surface area contributed by atoms with Gasteiger partial charge >= 0.3 is 5.97 Å². The number of hydrogen-bond acceptors (Lipinski definition) is 3. The maximum absolute atomic E-state index is 9.82. The Labute approximate surface area is 177 Å². The van der Waals surface area contributed by atoms with Crippen molar-refractivity contribution in [1.29, 1.82) is 0 Å². The van der Waals surface area contributed by atoms with Gasteiger partial charge in [-0.2, -0.15) is 0 Å². The number of benzene rings is 2. The van der Waals surface area contributed by atoms with Crippen LogP contribution >= 0.6 is 35.6 Å². The molecular weight excluding hydrogens is 405 g/mol. The summed E-state index contributed by atoms with van der Waals surface area (Å²) in [7, 11) is 2.03. The first-order valence-electron chi connectivity index (χ1n) is 8.82. The summed E-state index contributed by atoms with van der Waals surface area (Å²) in [6, 6.07) is 15.1. The topological polar surface area (TPSA) is 38.3 Å². The second-order valence-electron chi connectivity index (χ2n) is 6.20. The third-order valence-corrected chi connectivity index (χ3v) is 5.27. The van der Waals surface area contributed by atoms with Gasteiger partial charge in [0.2, 0.25) is 0 Å². The minimum Gasteiger partial charge on any atom is -0.466 e. The summed E-state index contributed by atoms with van der Waals surface area (Å²) in [5.41, 5.74) is 4.05. The minimum atomic E-state index is -0.211. The lowest BCUT2D eigenvalue weighted by molar-refractivity contribution is -0.140. The zero-order chi connectivity index (χ0) is 19.1. The summed E-state index contributed by atoms with van der Waals surface area (Å²) in [4.78, 5) is 9.82. The molecule has 27 heavy (non-hydrogen) atoms. The van der Waals surface area contributed by atoms with Crippen molar-refractivity contribution < 1.29 is 9.53 Å². The van der Waals surface area contributed by atoms with Crippen molar-refractivity contribution in [2.75, 3.05) is 13.7 Å². The fourth-order valence-corrected chi connectivity index (χ4v) is 3.67. The highest BCUT2D eigenvalue weighted by Crippen LogP contribution is 2.42. The highest BCUT2D eigenvalue weighted by Gasteiger charge is 2.27. The van der Waals surface area contributed by atoms with Crippen LogP contribution in [0.4, 0.5) is 0 Å². The predicted octanol–water partition coefficient (Wildman–Crippen LogP) is 6.17. The van der Waals surface area contributed by atoms with Gasteiger partial charge in [-0.1, -0.05) is 53.5 Å². The number of nitrogens with one attached hydrogen (secondary N) is 1. The number of esters is 1. The van der Waals surface area contributed by atoms with Crippen LogP contribution in [0.25, 0.3) is 0 Å². The van der Waals surface area contributed by atoms with Gasteiger partial charge in [-0.15, -0.1) is 12.4 Å². The number of ether oxygens (including phenoxy) is 1. The average Bonchev–Trinajstić information content (AvgIpc) is 2.63. The lowest BCUT2D eigenvalue weighted by atomic mass is 9.77. The quantitative estimate of drug-likeness (QED) is 0.592. The summed E-state index contributed by atoms with van der Waals surface area (Å²) in [5.74, 6) is 0.197. The lowest BCUT2D eigenvalue weighted by Crippen LogP contribution is -2.24. The zero-order valence-corrected chi connectivity index (χ0v) is 18.1. The zero-order valence-electron chi connectivity index (χ0n) is 15.8. The molecule has 0 unspecified atom stereocenters. The van der Waals surface area contributed by atoms with E-state index < -0.39 is 0 Å². The Morgan fingerprint density at radius 2 is 1.78 bits per heavy atom. The number of carbonyl (C=O) groups excluding carboxylic acids is 1. The van der Waals surface area contributed by atoms with Gasteiger partial charge in [-0.3, -0.25) is 4.79 Å². The van der Waals surface area contributed by atoms with E-state index in [-0.39, 0.29) is 18.4 Å². The van der Waals surface area contributed by atoms with E-state index in [9.17, 15) is 4.79 Å². The van der Waals surface area contributed by atoms with E-state index in [2.05, 4.69) is 40.4 Å². The van der Waals surface area contributed by atoms with E-state index in [1.54, 1.807) is 6.92 Å². The molecule has 3 nitrogen and oxygen atoms in total. The molecule has 6 heteroatoms.